The third-order valence-electron chi connectivity index (χ3n) is 2.08. The summed E-state index contributed by atoms with van der Waals surface area (Å²) in [5.74, 6) is -0.488. The standard InChI is InChI=1S/C11H14FO/c1-3-9-4-10(8(2)7-13)6-11(12)5-9/h4-6,8,13H,2-3,7H2,1H3. The van der Waals surface area contributed by atoms with Gasteiger partial charge in [0.1, 0.15) is 5.82 Å². The maximum Gasteiger partial charge on any atom is 0.123 e. The summed E-state index contributed by atoms with van der Waals surface area (Å²) in [6.45, 7) is 5.65. The topological polar surface area (TPSA) is 20.2 Å². The van der Waals surface area contributed by atoms with Crippen molar-refractivity contribution >= 4 is 0 Å². The minimum atomic E-state index is -0.253. The van der Waals surface area contributed by atoms with Crippen LogP contribution in [0.2, 0.25) is 0 Å². The molecule has 1 unspecified atom stereocenters. The summed E-state index contributed by atoms with van der Waals surface area (Å²) in [6, 6.07) is 4.82. The van der Waals surface area contributed by atoms with Gasteiger partial charge >= 0.3 is 0 Å². The van der Waals surface area contributed by atoms with Crippen molar-refractivity contribution in [2.24, 2.45) is 0 Å². The van der Waals surface area contributed by atoms with Gasteiger partial charge in [0.2, 0.25) is 0 Å². The maximum atomic E-state index is 13.0. The number of rotatable bonds is 3. The van der Waals surface area contributed by atoms with E-state index in [0.717, 1.165) is 17.5 Å². The first kappa shape index (κ1) is 10.2. The first-order chi connectivity index (χ1) is 6.17. The van der Waals surface area contributed by atoms with E-state index in [4.69, 9.17) is 5.11 Å². The van der Waals surface area contributed by atoms with E-state index in [9.17, 15) is 4.39 Å². The molecule has 1 atom stereocenters. The largest absolute Gasteiger partial charge is 0.396 e. The van der Waals surface area contributed by atoms with E-state index >= 15 is 0 Å². The summed E-state index contributed by atoms with van der Waals surface area (Å²) < 4.78 is 13.0. The molecule has 0 saturated heterocycles. The lowest BCUT2D eigenvalue weighted by atomic mass is 9.99. The summed E-state index contributed by atoms with van der Waals surface area (Å²) in [6.07, 6.45) is 0.795. The molecule has 1 aromatic rings. The summed E-state index contributed by atoms with van der Waals surface area (Å²) in [5.41, 5.74) is 1.71. The molecule has 0 aliphatic rings. The van der Waals surface area contributed by atoms with E-state index in [2.05, 4.69) is 6.92 Å². The lowest BCUT2D eigenvalue weighted by Crippen LogP contribution is -2.00. The van der Waals surface area contributed by atoms with E-state index < -0.39 is 0 Å². The van der Waals surface area contributed by atoms with Crippen LogP contribution in [0.1, 0.15) is 24.0 Å². The Labute approximate surface area is 78.2 Å². The molecule has 0 spiro atoms. The number of aliphatic hydroxyl groups is 1. The Kier molecular flexibility index (Phi) is 3.43. The number of halogens is 1. The van der Waals surface area contributed by atoms with Crippen molar-refractivity contribution in [3.05, 3.63) is 42.1 Å². The van der Waals surface area contributed by atoms with Gasteiger partial charge in [-0.15, -0.1) is 0 Å². The average Bonchev–Trinajstić information content (AvgIpc) is 2.15. The first-order valence-corrected chi connectivity index (χ1v) is 4.40. The van der Waals surface area contributed by atoms with Gasteiger partial charge in [-0.25, -0.2) is 4.39 Å². The third-order valence-corrected chi connectivity index (χ3v) is 2.08. The molecular weight excluding hydrogens is 167 g/mol. The lowest BCUT2D eigenvalue weighted by molar-refractivity contribution is 0.282. The minimum absolute atomic E-state index is 0.0490. The molecule has 1 rings (SSSR count). The van der Waals surface area contributed by atoms with Gasteiger partial charge in [0.15, 0.2) is 0 Å². The van der Waals surface area contributed by atoms with Gasteiger partial charge in [-0.3, -0.25) is 0 Å². The fourth-order valence-electron chi connectivity index (χ4n) is 1.22. The van der Waals surface area contributed by atoms with Gasteiger partial charge in [-0.05, 0) is 36.6 Å². The fourth-order valence-corrected chi connectivity index (χ4v) is 1.22. The van der Waals surface area contributed by atoms with E-state index in [-0.39, 0.29) is 18.3 Å². The molecule has 2 heteroatoms. The highest BCUT2D eigenvalue weighted by Crippen LogP contribution is 2.17. The zero-order chi connectivity index (χ0) is 9.84. The van der Waals surface area contributed by atoms with Gasteiger partial charge in [0, 0.05) is 12.5 Å². The maximum absolute atomic E-state index is 13.0. The summed E-state index contributed by atoms with van der Waals surface area (Å²) in [7, 11) is 0. The van der Waals surface area contributed by atoms with Crippen LogP contribution in [0.15, 0.2) is 18.2 Å². The van der Waals surface area contributed by atoms with Crippen LogP contribution < -0.4 is 0 Å². The zero-order valence-corrected chi connectivity index (χ0v) is 7.76. The molecule has 0 amide bonds. The summed E-state index contributed by atoms with van der Waals surface area (Å²) in [5, 5.41) is 8.86. The first-order valence-electron chi connectivity index (χ1n) is 4.40. The Bertz CT molecular complexity index is 283. The minimum Gasteiger partial charge on any atom is -0.396 e. The Morgan fingerprint density at radius 1 is 1.46 bits per heavy atom. The van der Waals surface area contributed by atoms with Crippen molar-refractivity contribution in [1.82, 2.24) is 0 Å². The van der Waals surface area contributed by atoms with Crippen molar-refractivity contribution in [2.45, 2.75) is 19.3 Å². The monoisotopic (exact) mass is 181 g/mol. The highest BCUT2D eigenvalue weighted by molar-refractivity contribution is 5.28. The molecule has 0 aliphatic heterocycles. The van der Waals surface area contributed by atoms with Crippen molar-refractivity contribution in [1.29, 1.82) is 0 Å². The summed E-state index contributed by atoms with van der Waals surface area (Å²) in [4.78, 5) is 0. The zero-order valence-electron chi connectivity index (χ0n) is 7.76. The molecule has 0 heterocycles. The van der Waals surface area contributed by atoms with E-state index in [0.29, 0.717) is 0 Å². The summed E-state index contributed by atoms with van der Waals surface area (Å²) >= 11 is 0. The van der Waals surface area contributed by atoms with Crippen LogP contribution in [-0.4, -0.2) is 11.7 Å². The number of hydrogen-bond acceptors (Lipinski definition) is 1. The SMILES string of the molecule is [CH2]C(CO)c1cc(F)cc(CC)c1. The molecule has 0 fully saturated rings. The Balaban J connectivity index is 3.01. The molecule has 1 nitrogen and oxygen atoms in total. The van der Waals surface area contributed by atoms with Crippen LogP contribution in [0.4, 0.5) is 4.39 Å². The smallest absolute Gasteiger partial charge is 0.123 e. The van der Waals surface area contributed by atoms with Crippen molar-refractivity contribution in [3.8, 4) is 0 Å². The van der Waals surface area contributed by atoms with Gasteiger partial charge in [0.05, 0.1) is 0 Å². The molecule has 13 heavy (non-hydrogen) atoms. The van der Waals surface area contributed by atoms with Crippen molar-refractivity contribution in [3.63, 3.8) is 0 Å². The second-order valence-corrected chi connectivity index (χ2v) is 3.13. The van der Waals surface area contributed by atoms with Crippen molar-refractivity contribution < 1.29 is 9.50 Å². The molecule has 1 N–H and O–H groups in total. The van der Waals surface area contributed by atoms with E-state index in [1.165, 1.54) is 12.1 Å². The van der Waals surface area contributed by atoms with Gasteiger partial charge < -0.3 is 5.11 Å². The molecule has 0 aromatic heterocycles. The Morgan fingerprint density at radius 3 is 2.69 bits per heavy atom. The molecule has 0 saturated carbocycles. The van der Waals surface area contributed by atoms with Crippen LogP contribution in [0.3, 0.4) is 0 Å². The second-order valence-electron chi connectivity index (χ2n) is 3.13. The Hall–Kier alpha value is -0.890. The quantitative estimate of drug-likeness (QED) is 0.758. The van der Waals surface area contributed by atoms with Crippen LogP contribution in [0.5, 0.6) is 0 Å². The molecular formula is C11H14FO. The predicted molar refractivity (Wildman–Crippen MR) is 51.0 cm³/mol. The number of benzene rings is 1. The fraction of sp³-hybridized carbons (Fsp3) is 0.364. The predicted octanol–water partition coefficient (Wildman–Crippen LogP) is 2.30. The van der Waals surface area contributed by atoms with Gasteiger partial charge in [0.25, 0.3) is 0 Å². The van der Waals surface area contributed by atoms with Crippen LogP contribution in [0, 0.1) is 12.7 Å². The van der Waals surface area contributed by atoms with Crippen molar-refractivity contribution in [2.75, 3.05) is 6.61 Å². The highest BCUT2D eigenvalue weighted by Gasteiger charge is 2.06. The van der Waals surface area contributed by atoms with Crippen LogP contribution >= 0.6 is 0 Å². The molecule has 0 aliphatic carbocycles. The van der Waals surface area contributed by atoms with Crippen LogP contribution in [0.25, 0.3) is 0 Å². The number of aryl methyl sites for hydroxylation is 1. The Morgan fingerprint density at radius 2 is 2.15 bits per heavy atom. The van der Waals surface area contributed by atoms with E-state index in [1.807, 2.05) is 13.0 Å². The third kappa shape index (κ3) is 2.52. The molecule has 1 aromatic carbocycles. The van der Waals surface area contributed by atoms with Gasteiger partial charge in [-0.1, -0.05) is 13.0 Å². The molecule has 0 bridgehead atoms. The molecule has 1 radical (unpaired) electrons. The average molecular weight is 181 g/mol. The lowest BCUT2D eigenvalue weighted by Gasteiger charge is -2.09. The van der Waals surface area contributed by atoms with E-state index in [1.54, 1.807) is 0 Å². The van der Waals surface area contributed by atoms with Gasteiger partial charge in [-0.2, -0.15) is 0 Å². The normalized spacial score (nSPS) is 12.9. The number of aliphatic hydroxyl groups excluding tert-OH is 1. The van der Waals surface area contributed by atoms with Crippen LogP contribution in [-0.2, 0) is 6.42 Å². The second kappa shape index (κ2) is 4.38. The number of hydrogen-bond donors (Lipinski definition) is 1. The highest BCUT2D eigenvalue weighted by atomic mass is 19.1. The molecule has 71 valence electrons.